The molecule has 2 rings (SSSR count). The Morgan fingerprint density at radius 2 is 2.00 bits per heavy atom. The number of carbonyl (C=O) groups is 1. The monoisotopic (exact) mass is 329 g/mol. The summed E-state index contributed by atoms with van der Waals surface area (Å²) in [5, 5.41) is 3.81. The fourth-order valence-corrected chi connectivity index (χ4v) is 3.08. The number of rotatable bonds is 3. The maximum absolute atomic E-state index is 12.1. The molecule has 0 spiro atoms. The van der Waals surface area contributed by atoms with Gasteiger partial charge in [0.25, 0.3) is 5.91 Å². The molecule has 1 amide bonds. The number of nitrogen functional groups attached to an aromatic ring is 1. The largest absolute Gasteiger partial charge is 0.396 e. The van der Waals surface area contributed by atoms with Crippen LogP contribution >= 0.6 is 34.5 Å². The molecular formula is C13H13Cl2N3OS. The van der Waals surface area contributed by atoms with Crippen molar-refractivity contribution in [2.75, 3.05) is 11.1 Å². The van der Waals surface area contributed by atoms with Crippen molar-refractivity contribution < 1.29 is 4.79 Å². The third-order valence-corrected chi connectivity index (χ3v) is 4.34. The van der Waals surface area contributed by atoms with Gasteiger partial charge in [0.1, 0.15) is 0 Å². The number of nitrogens with two attached hydrogens (primary N) is 1. The van der Waals surface area contributed by atoms with Crippen LogP contribution in [-0.4, -0.2) is 10.9 Å². The molecule has 0 aliphatic rings. The van der Waals surface area contributed by atoms with Crippen LogP contribution in [0.2, 0.25) is 10.0 Å². The van der Waals surface area contributed by atoms with Crippen LogP contribution in [0.3, 0.4) is 0 Å². The number of aryl methyl sites for hydroxylation is 2. The number of aromatic nitrogens is 1. The molecule has 1 heterocycles. The van der Waals surface area contributed by atoms with Crippen LogP contribution in [0.5, 0.6) is 0 Å². The predicted octanol–water partition coefficient (Wildman–Crippen LogP) is 4.16. The lowest BCUT2D eigenvalue weighted by molar-refractivity contribution is 0.102. The molecule has 0 saturated carbocycles. The van der Waals surface area contributed by atoms with E-state index in [-0.39, 0.29) is 21.6 Å². The van der Waals surface area contributed by atoms with Gasteiger partial charge in [0, 0.05) is 10.4 Å². The van der Waals surface area contributed by atoms with Crippen LogP contribution < -0.4 is 11.1 Å². The number of amides is 1. The molecule has 0 saturated heterocycles. The Labute approximate surface area is 130 Å². The number of thiazole rings is 1. The van der Waals surface area contributed by atoms with Gasteiger partial charge < -0.3 is 5.73 Å². The molecule has 3 N–H and O–H groups in total. The van der Waals surface area contributed by atoms with Crippen LogP contribution in [0.1, 0.15) is 27.9 Å². The summed E-state index contributed by atoms with van der Waals surface area (Å²) < 4.78 is 0. The number of hydrogen-bond acceptors (Lipinski definition) is 4. The smallest absolute Gasteiger partial charge is 0.257 e. The lowest BCUT2D eigenvalue weighted by Gasteiger charge is -2.06. The fraction of sp³-hybridized carbons (Fsp3) is 0.231. The van der Waals surface area contributed by atoms with E-state index in [9.17, 15) is 4.79 Å². The van der Waals surface area contributed by atoms with Gasteiger partial charge in [-0.25, -0.2) is 4.98 Å². The standard InChI is InChI=1S/C13H13Cl2N3OS/c1-3-10-6(2)20-13(17-10)18-12(19)7-4-8(14)11(16)9(15)5-7/h4-5H,3,16H2,1-2H3,(H,17,18,19). The summed E-state index contributed by atoms with van der Waals surface area (Å²) in [6.07, 6.45) is 0.831. The Kier molecular flexibility index (Phi) is 4.52. The lowest BCUT2D eigenvalue weighted by atomic mass is 10.2. The molecule has 0 radical (unpaired) electrons. The molecule has 0 bridgehead atoms. The van der Waals surface area contributed by atoms with Crippen molar-refractivity contribution >= 4 is 51.3 Å². The Hall–Kier alpha value is -1.30. The number of nitrogens with one attached hydrogen (secondary N) is 1. The van der Waals surface area contributed by atoms with Crippen molar-refractivity contribution in [1.82, 2.24) is 4.98 Å². The summed E-state index contributed by atoms with van der Waals surface area (Å²) in [4.78, 5) is 17.6. The minimum atomic E-state index is -0.315. The van der Waals surface area contributed by atoms with E-state index in [4.69, 9.17) is 28.9 Å². The Balaban J connectivity index is 2.23. The zero-order chi connectivity index (χ0) is 14.9. The minimum Gasteiger partial charge on any atom is -0.396 e. The molecule has 0 fully saturated rings. The van der Waals surface area contributed by atoms with E-state index in [1.807, 2.05) is 13.8 Å². The third-order valence-electron chi connectivity index (χ3n) is 2.79. The van der Waals surface area contributed by atoms with Crippen LogP contribution in [-0.2, 0) is 6.42 Å². The van der Waals surface area contributed by atoms with E-state index in [0.29, 0.717) is 10.7 Å². The number of carbonyl (C=O) groups excluding carboxylic acids is 1. The molecule has 2 aromatic rings. The van der Waals surface area contributed by atoms with Gasteiger partial charge in [0.05, 0.1) is 21.4 Å². The second kappa shape index (κ2) is 5.99. The first kappa shape index (κ1) is 15.1. The van der Waals surface area contributed by atoms with Gasteiger partial charge in [-0.1, -0.05) is 30.1 Å². The van der Waals surface area contributed by atoms with Gasteiger partial charge in [-0.3, -0.25) is 10.1 Å². The van der Waals surface area contributed by atoms with Gasteiger partial charge in [-0.05, 0) is 25.5 Å². The summed E-state index contributed by atoms with van der Waals surface area (Å²) in [5.41, 5.74) is 7.24. The van der Waals surface area contributed by atoms with E-state index >= 15 is 0 Å². The molecule has 1 aromatic heterocycles. The number of nitrogens with zero attached hydrogens (tertiary/aromatic N) is 1. The van der Waals surface area contributed by atoms with Gasteiger partial charge in [0.15, 0.2) is 5.13 Å². The van der Waals surface area contributed by atoms with E-state index in [0.717, 1.165) is 17.0 Å². The Morgan fingerprint density at radius 3 is 2.50 bits per heavy atom. The zero-order valence-corrected chi connectivity index (χ0v) is 13.3. The molecular weight excluding hydrogens is 317 g/mol. The lowest BCUT2D eigenvalue weighted by Crippen LogP contribution is -2.12. The van der Waals surface area contributed by atoms with E-state index in [2.05, 4.69) is 10.3 Å². The third kappa shape index (κ3) is 3.06. The van der Waals surface area contributed by atoms with E-state index < -0.39 is 0 Å². The highest BCUT2D eigenvalue weighted by atomic mass is 35.5. The summed E-state index contributed by atoms with van der Waals surface area (Å²) in [5.74, 6) is -0.315. The maximum atomic E-state index is 12.1. The fourth-order valence-electron chi connectivity index (χ4n) is 1.69. The second-order valence-corrected chi connectivity index (χ2v) is 6.20. The van der Waals surface area contributed by atoms with Crippen LogP contribution in [0.4, 0.5) is 10.8 Å². The Bertz CT molecular complexity index is 647. The summed E-state index contributed by atoms with van der Waals surface area (Å²) in [6.45, 7) is 4.00. The normalized spacial score (nSPS) is 10.6. The second-order valence-electron chi connectivity index (χ2n) is 4.18. The highest BCUT2D eigenvalue weighted by molar-refractivity contribution is 7.15. The van der Waals surface area contributed by atoms with Gasteiger partial charge in [-0.15, -0.1) is 11.3 Å². The quantitative estimate of drug-likeness (QED) is 0.831. The van der Waals surface area contributed by atoms with Crippen LogP contribution in [0.15, 0.2) is 12.1 Å². The van der Waals surface area contributed by atoms with Crippen LogP contribution in [0.25, 0.3) is 0 Å². The SMILES string of the molecule is CCc1nc(NC(=O)c2cc(Cl)c(N)c(Cl)c2)sc1C. The molecule has 0 unspecified atom stereocenters. The first-order chi connectivity index (χ1) is 9.42. The van der Waals surface area contributed by atoms with Crippen molar-refractivity contribution in [3.05, 3.63) is 38.3 Å². The van der Waals surface area contributed by atoms with E-state index in [1.165, 1.54) is 23.5 Å². The van der Waals surface area contributed by atoms with Crippen molar-refractivity contribution in [3.63, 3.8) is 0 Å². The van der Waals surface area contributed by atoms with Gasteiger partial charge in [-0.2, -0.15) is 0 Å². The molecule has 0 aliphatic heterocycles. The number of hydrogen-bond donors (Lipinski definition) is 2. The summed E-state index contributed by atoms with van der Waals surface area (Å²) >= 11 is 13.3. The molecule has 0 atom stereocenters. The van der Waals surface area contributed by atoms with E-state index in [1.54, 1.807) is 0 Å². The number of benzene rings is 1. The predicted molar refractivity (Wildman–Crippen MR) is 85.1 cm³/mol. The zero-order valence-electron chi connectivity index (χ0n) is 11.0. The molecule has 20 heavy (non-hydrogen) atoms. The van der Waals surface area contributed by atoms with Crippen molar-refractivity contribution in [3.8, 4) is 0 Å². The number of halogens is 2. The minimum absolute atomic E-state index is 0.257. The van der Waals surface area contributed by atoms with Gasteiger partial charge in [0.2, 0.25) is 0 Å². The Morgan fingerprint density at radius 1 is 1.40 bits per heavy atom. The first-order valence-corrected chi connectivity index (χ1v) is 7.51. The molecule has 0 aliphatic carbocycles. The van der Waals surface area contributed by atoms with Crippen LogP contribution in [0, 0.1) is 6.92 Å². The first-order valence-electron chi connectivity index (χ1n) is 5.94. The summed E-state index contributed by atoms with van der Waals surface area (Å²) in [7, 11) is 0. The van der Waals surface area contributed by atoms with Crippen molar-refractivity contribution in [2.45, 2.75) is 20.3 Å². The van der Waals surface area contributed by atoms with Crippen molar-refractivity contribution in [1.29, 1.82) is 0 Å². The summed E-state index contributed by atoms with van der Waals surface area (Å²) in [6, 6.07) is 2.97. The maximum Gasteiger partial charge on any atom is 0.257 e. The average molecular weight is 330 g/mol. The average Bonchev–Trinajstić information content (AvgIpc) is 2.75. The molecule has 106 valence electrons. The number of anilines is 2. The molecule has 1 aromatic carbocycles. The topological polar surface area (TPSA) is 68.0 Å². The van der Waals surface area contributed by atoms with Crippen molar-refractivity contribution in [2.24, 2.45) is 0 Å². The molecule has 7 heteroatoms. The van der Waals surface area contributed by atoms with Gasteiger partial charge >= 0.3 is 0 Å². The molecule has 4 nitrogen and oxygen atoms in total. The highest BCUT2D eigenvalue weighted by Crippen LogP contribution is 2.29. The highest BCUT2D eigenvalue weighted by Gasteiger charge is 2.14.